The van der Waals surface area contributed by atoms with Gasteiger partial charge in [-0.05, 0) is 61.1 Å². The van der Waals surface area contributed by atoms with Crippen molar-refractivity contribution in [1.29, 1.82) is 0 Å². The van der Waals surface area contributed by atoms with Gasteiger partial charge in [0.1, 0.15) is 0 Å². The van der Waals surface area contributed by atoms with Crippen LogP contribution in [0.2, 0.25) is 0 Å². The minimum Gasteiger partial charge on any atom is -0.336 e. The molecule has 1 unspecified atom stereocenters. The highest BCUT2D eigenvalue weighted by atomic mass is 127. The topological polar surface area (TPSA) is 20.3 Å². The molecule has 0 fully saturated rings. The molecular weight excluding hydrogens is 313 g/mol. The van der Waals surface area contributed by atoms with Crippen molar-refractivity contribution in [2.45, 2.75) is 33.2 Å². The monoisotopic (exact) mass is 331 g/mol. The number of rotatable bonds is 4. The number of hydrogen-bond acceptors (Lipinski definition) is 1. The molecule has 0 saturated heterocycles. The molecule has 3 heteroatoms. The molecule has 0 bridgehead atoms. The van der Waals surface area contributed by atoms with Gasteiger partial charge in [0.25, 0.3) is 5.91 Å². The number of halogens is 1. The minimum absolute atomic E-state index is 0.135. The predicted molar refractivity (Wildman–Crippen MR) is 75.6 cm³/mol. The average molecular weight is 331 g/mol. The summed E-state index contributed by atoms with van der Waals surface area (Å²) in [7, 11) is 0. The van der Waals surface area contributed by atoms with E-state index in [0.717, 1.165) is 22.1 Å². The normalized spacial score (nSPS) is 12.2. The number of benzene rings is 1. The van der Waals surface area contributed by atoms with Crippen molar-refractivity contribution in [3.05, 3.63) is 33.4 Å². The fraction of sp³-hybridized carbons (Fsp3) is 0.462. The van der Waals surface area contributed by atoms with Crippen LogP contribution >= 0.6 is 22.6 Å². The molecule has 0 spiro atoms. The highest BCUT2D eigenvalue weighted by Crippen LogP contribution is 2.13. The smallest absolute Gasteiger partial charge is 0.254 e. The first-order chi connectivity index (χ1) is 7.60. The zero-order valence-electron chi connectivity index (χ0n) is 10.0. The van der Waals surface area contributed by atoms with E-state index in [0.29, 0.717) is 6.04 Å². The van der Waals surface area contributed by atoms with Gasteiger partial charge < -0.3 is 4.90 Å². The van der Waals surface area contributed by atoms with Crippen molar-refractivity contribution in [2.75, 3.05) is 6.54 Å². The lowest BCUT2D eigenvalue weighted by atomic mass is 10.1. The van der Waals surface area contributed by atoms with Crippen LogP contribution in [0.25, 0.3) is 0 Å². The lowest BCUT2D eigenvalue weighted by Gasteiger charge is -2.27. The van der Waals surface area contributed by atoms with Gasteiger partial charge in [0.05, 0.1) is 0 Å². The van der Waals surface area contributed by atoms with Crippen molar-refractivity contribution in [1.82, 2.24) is 4.90 Å². The highest BCUT2D eigenvalue weighted by molar-refractivity contribution is 14.1. The van der Waals surface area contributed by atoms with Crippen LogP contribution in [0.4, 0.5) is 0 Å². The summed E-state index contributed by atoms with van der Waals surface area (Å²) in [5, 5.41) is 0. The largest absolute Gasteiger partial charge is 0.336 e. The standard InChI is InChI=1S/C13H18INO/c1-4-10(3)15(5-2)13(16)11-7-6-8-12(14)9-11/h6-10H,4-5H2,1-3H3. The van der Waals surface area contributed by atoms with Gasteiger partial charge in [-0.3, -0.25) is 4.79 Å². The van der Waals surface area contributed by atoms with Crippen molar-refractivity contribution < 1.29 is 4.79 Å². The molecule has 16 heavy (non-hydrogen) atoms. The first-order valence-corrected chi connectivity index (χ1v) is 6.74. The lowest BCUT2D eigenvalue weighted by molar-refractivity contribution is 0.0700. The summed E-state index contributed by atoms with van der Waals surface area (Å²) in [5.41, 5.74) is 0.786. The number of carbonyl (C=O) groups is 1. The SMILES string of the molecule is CCC(C)N(CC)C(=O)c1cccc(I)c1. The van der Waals surface area contributed by atoms with E-state index in [1.807, 2.05) is 36.1 Å². The van der Waals surface area contributed by atoms with Gasteiger partial charge in [-0.2, -0.15) is 0 Å². The second-order valence-corrected chi connectivity index (χ2v) is 5.10. The molecule has 0 heterocycles. The third-order valence-electron chi connectivity index (χ3n) is 2.80. The summed E-state index contributed by atoms with van der Waals surface area (Å²) in [6.45, 7) is 6.99. The van der Waals surface area contributed by atoms with Crippen LogP contribution in [0.3, 0.4) is 0 Å². The number of hydrogen-bond donors (Lipinski definition) is 0. The van der Waals surface area contributed by atoms with Crippen LogP contribution in [0.5, 0.6) is 0 Å². The molecule has 1 rings (SSSR count). The van der Waals surface area contributed by atoms with Crippen LogP contribution in [0.1, 0.15) is 37.6 Å². The third-order valence-corrected chi connectivity index (χ3v) is 3.47. The summed E-state index contributed by atoms with van der Waals surface area (Å²) < 4.78 is 1.10. The Bertz CT molecular complexity index is 365. The second kappa shape index (κ2) is 6.23. The molecular formula is C13H18INO. The van der Waals surface area contributed by atoms with Crippen LogP contribution < -0.4 is 0 Å². The first-order valence-electron chi connectivity index (χ1n) is 5.66. The maximum Gasteiger partial charge on any atom is 0.254 e. The number of amides is 1. The molecule has 0 aliphatic rings. The Hall–Kier alpha value is -0.580. The summed E-state index contributed by atoms with van der Waals surface area (Å²) >= 11 is 2.23. The zero-order chi connectivity index (χ0) is 12.1. The molecule has 1 atom stereocenters. The van der Waals surface area contributed by atoms with Crippen molar-refractivity contribution >= 4 is 28.5 Å². The van der Waals surface area contributed by atoms with Crippen molar-refractivity contribution in [2.24, 2.45) is 0 Å². The Balaban J connectivity index is 2.91. The van der Waals surface area contributed by atoms with E-state index in [-0.39, 0.29) is 5.91 Å². The molecule has 0 radical (unpaired) electrons. The fourth-order valence-corrected chi connectivity index (χ4v) is 2.21. The molecule has 0 aromatic heterocycles. The molecule has 0 saturated carbocycles. The van der Waals surface area contributed by atoms with Gasteiger partial charge in [-0.15, -0.1) is 0 Å². The third kappa shape index (κ3) is 3.20. The molecule has 0 aliphatic carbocycles. The Kier molecular flexibility index (Phi) is 5.25. The van der Waals surface area contributed by atoms with Gasteiger partial charge in [0.2, 0.25) is 0 Å². The molecule has 0 N–H and O–H groups in total. The molecule has 88 valence electrons. The summed E-state index contributed by atoms with van der Waals surface area (Å²) in [6, 6.07) is 8.05. The van der Waals surface area contributed by atoms with E-state index in [2.05, 4.69) is 36.4 Å². The quantitative estimate of drug-likeness (QED) is 0.773. The maximum atomic E-state index is 12.3. The fourth-order valence-electron chi connectivity index (χ4n) is 1.66. The van der Waals surface area contributed by atoms with Crippen LogP contribution in [0, 0.1) is 3.57 Å². The zero-order valence-corrected chi connectivity index (χ0v) is 12.2. The Morgan fingerprint density at radius 1 is 1.44 bits per heavy atom. The van der Waals surface area contributed by atoms with Gasteiger partial charge in [0, 0.05) is 21.7 Å². The van der Waals surface area contributed by atoms with Crippen LogP contribution in [-0.2, 0) is 0 Å². The van der Waals surface area contributed by atoms with E-state index in [1.54, 1.807) is 0 Å². The molecule has 1 amide bonds. The summed E-state index contributed by atoms with van der Waals surface area (Å²) in [6.07, 6.45) is 0.990. The molecule has 1 aromatic rings. The molecule has 2 nitrogen and oxygen atoms in total. The average Bonchev–Trinajstić information content (AvgIpc) is 2.29. The lowest BCUT2D eigenvalue weighted by Crippen LogP contribution is -2.38. The Morgan fingerprint density at radius 3 is 2.62 bits per heavy atom. The highest BCUT2D eigenvalue weighted by Gasteiger charge is 2.18. The Labute approximate surface area is 111 Å². The van der Waals surface area contributed by atoms with Crippen molar-refractivity contribution in [3.63, 3.8) is 0 Å². The Morgan fingerprint density at radius 2 is 2.12 bits per heavy atom. The number of carbonyl (C=O) groups excluding carboxylic acids is 1. The van der Waals surface area contributed by atoms with E-state index in [9.17, 15) is 4.79 Å². The van der Waals surface area contributed by atoms with Crippen molar-refractivity contribution in [3.8, 4) is 0 Å². The summed E-state index contributed by atoms with van der Waals surface area (Å²) in [5.74, 6) is 0.135. The van der Waals surface area contributed by atoms with E-state index < -0.39 is 0 Å². The van der Waals surface area contributed by atoms with Gasteiger partial charge >= 0.3 is 0 Å². The van der Waals surface area contributed by atoms with Crippen LogP contribution in [-0.4, -0.2) is 23.4 Å². The molecule has 0 aliphatic heterocycles. The van der Waals surface area contributed by atoms with E-state index in [1.165, 1.54) is 0 Å². The second-order valence-electron chi connectivity index (χ2n) is 3.86. The van der Waals surface area contributed by atoms with E-state index in [4.69, 9.17) is 0 Å². The number of nitrogens with zero attached hydrogens (tertiary/aromatic N) is 1. The van der Waals surface area contributed by atoms with E-state index >= 15 is 0 Å². The van der Waals surface area contributed by atoms with Gasteiger partial charge in [0.15, 0.2) is 0 Å². The van der Waals surface area contributed by atoms with Gasteiger partial charge in [-0.25, -0.2) is 0 Å². The maximum absolute atomic E-state index is 12.3. The van der Waals surface area contributed by atoms with Crippen LogP contribution in [0.15, 0.2) is 24.3 Å². The minimum atomic E-state index is 0.135. The summed E-state index contributed by atoms with van der Waals surface area (Å²) in [4.78, 5) is 14.2. The predicted octanol–water partition coefficient (Wildman–Crippen LogP) is 3.55. The first kappa shape index (κ1) is 13.5. The molecule has 1 aromatic carbocycles. The van der Waals surface area contributed by atoms with Gasteiger partial charge in [-0.1, -0.05) is 13.0 Å².